The summed E-state index contributed by atoms with van der Waals surface area (Å²) in [6.07, 6.45) is -0.570. The maximum absolute atomic E-state index is 12.4. The Kier molecular flexibility index (Phi) is 27.2. The van der Waals surface area contributed by atoms with E-state index in [0.29, 0.717) is 103 Å². The second kappa shape index (κ2) is 34.4. The Morgan fingerprint density at radius 2 is 0.726 bits per heavy atom. The lowest BCUT2D eigenvalue weighted by Crippen LogP contribution is -2.58. The van der Waals surface area contributed by atoms with Gasteiger partial charge in [0.25, 0.3) is 5.97 Å². The van der Waals surface area contributed by atoms with Gasteiger partial charge in [-0.25, -0.2) is 29.5 Å². The Hall–Kier alpha value is -9.51. The number of ether oxygens (including phenoxy) is 2. The molecule has 4 atom stereocenters. The highest BCUT2D eigenvalue weighted by Gasteiger charge is 2.42. The zero-order chi connectivity index (χ0) is 79.2. The van der Waals surface area contributed by atoms with Crippen molar-refractivity contribution < 1.29 is 52.9 Å². The molecule has 8 aliphatic heterocycles. The molecule has 0 saturated carbocycles. The number of rotatable bonds is 10. The van der Waals surface area contributed by atoms with Gasteiger partial charge < -0.3 is 97.1 Å². The number of carboxylic acids is 1. The van der Waals surface area contributed by atoms with E-state index in [4.69, 9.17) is 36.7 Å². The van der Waals surface area contributed by atoms with E-state index in [2.05, 4.69) is 82.4 Å². The smallest absolute Gasteiger partial charge is 0.410 e. The van der Waals surface area contributed by atoms with Crippen LogP contribution in [-0.4, -0.2) is 247 Å². The number of carbonyl (C=O) groups is 8. The molecule has 35 nitrogen and oxygen atoms in total. The van der Waals surface area contributed by atoms with E-state index in [9.17, 15) is 33.6 Å². The molecule has 36 heteroatoms. The highest BCUT2D eigenvalue weighted by molar-refractivity contribution is 6.28. The van der Waals surface area contributed by atoms with Crippen molar-refractivity contribution in [2.24, 2.45) is 29.4 Å². The Bertz CT molecular complexity index is 3880. The van der Waals surface area contributed by atoms with Gasteiger partial charge in [-0.05, 0) is 105 Å². The van der Waals surface area contributed by atoms with Crippen LogP contribution in [0.3, 0.4) is 0 Å². The minimum Gasteiger partial charge on any atom is -0.481 e. The first kappa shape index (κ1) is 83.8. The van der Waals surface area contributed by atoms with Crippen LogP contribution >= 0.6 is 11.6 Å². The summed E-state index contributed by atoms with van der Waals surface area (Å²) in [6, 6.07) is -0.218. The molecule has 0 unspecified atom stereocenters. The second-order valence-corrected chi connectivity index (χ2v) is 31.4. The highest BCUT2D eigenvalue weighted by atomic mass is 35.5. The quantitative estimate of drug-likeness (QED) is 0.0795. The SMILES string of the molecule is CC(=O)N1CC(Nc2nc(C)c3c(n2)N(C)[C@@H](C(C)C)C(=O)N3)C1.CC(=O)O.CC(C)(C)OC(=O)N1CC(N)C1.Cc1nc(Cl)nc2c1NC(=O)[C@H](C(C)C)N2C.Cc1nc(NC2CN(C(=O)OC(C)(C)C)C2)nc2c1NC(=O)[C@H](C(C)C)N2C.Cc1nc(NC2CNC2)nc2c1NC(=O)[C@H](C(C)C)N2C. The number of halogens is 1. The van der Waals surface area contributed by atoms with Crippen LogP contribution in [0.1, 0.15) is 134 Å². The third-order valence-corrected chi connectivity index (χ3v) is 18.2. The van der Waals surface area contributed by atoms with Crippen molar-refractivity contribution in [3.63, 3.8) is 0 Å². The molecule has 0 bridgehead atoms. The number of aryl methyl sites for hydroxylation is 4. The van der Waals surface area contributed by atoms with Gasteiger partial charge in [0.1, 0.15) is 58.1 Å². The summed E-state index contributed by atoms with van der Waals surface area (Å²) in [6.45, 7) is 42.8. The van der Waals surface area contributed by atoms with Gasteiger partial charge >= 0.3 is 12.2 Å². The number of likely N-dealkylation sites (tertiary alicyclic amines) is 3. The Morgan fingerprint density at radius 1 is 0.462 bits per heavy atom. The van der Waals surface area contributed by atoms with Gasteiger partial charge in [-0.2, -0.15) is 19.9 Å². The number of anilines is 11. The number of aromatic nitrogens is 8. The van der Waals surface area contributed by atoms with Crippen LogP contribution in [-0.2, 0) is 38.2 Å². The number of likely N-dealkylation sites (N-methyl/N-ethyl adjacent to an activating group) is 4. The average Bonchev–Trinajstić information content (AvgIpc) is 0.785. The first-order valence-corrected chi connectivity index (χ1v) is 36.1. The number of aliphatic carboxylic acids is 1. The average molecular weight is 1500 g/mol. The Morgan fingerprint density at radius 3 is 0.981 bits per heavy atom. The standard InChI is InChI=1S/C19H30N6O3.C16H24N6O2.C14H22N6O.C11H15ClN4O.C8H16N2O2.C2H4O2/c1-10(2)14-16(26)22-13-11(3)20-17(23-15(13)24(14)7)21-12-8-25(9-12)18(27)28-19(4,5)6;1-8(2)13-15(24)19-12-9(3)17-16(20-14(12)21(13)5)18-11-6-22(7-11)10(4)23;1-7(2)11-13(21)18-10-8(3)16-14(17-9-5-15-6-9)19-12(10)20(11)4;1-5(2)8-10(17)14-7-6(3)13-11(12)15-9(7)16(8)4;1-8(2,3)12-7(11)10-4-6(9)5-10;1-2(3)4/h10,12,14H,8-9H2,1-7H3,(H,22,26)(H,20,21,23);8,11,13H,6-7H2,1-5H3,(H,19,24)(H,17,18,20);7,9,11,15H,5-6H2,1-4H3,(H,18,21)(H,16,17,19);5,8H,1-4H3,(H,14,17);6H,4-5,9H2,1-3H3;1H3,(H,3,4)/t14-;13-;11-;8-;;/m0000../s1. The van der Waals surface area contributed by atoms with E-state index >= 15 is 0 Å². The van der Waals surface area contributed by atoms with Crippen LogP contribution in [0.25, 0.3) is 0 Å². The van der Waals surface area contributed by atoms with E-state index in [-0.39, 0.29) is 113 Å². The van der Waals surface area contributed by atoms with Crippen LogP contribution in [0.15, 0.2) is 0 Å². The predicted octanol–water partition coefficient (Wildman–Crippen LogP) is 6.16. The van der Waals surface area contributed by atoms with Crippen LogP contribution in [0, 0.1) is 51.4 Å². The van der Waals surface area contributed by atoms with E-state index in [0.717, 1.165) is 48.7 Å². The van der Waals surface area contributed by atoms with Crippen molar-refractivity contribution >= 4 is 123 Å². The molecule has 0 aliphatic carbocycles. The summed E-state index contributed by atoms with van der Waals surface area (Å²) < 4.78 is 10.5. The van der Waals surface area contributed by atoms with Gasteiger partial charge in [-0.1, -0.05) is 55.4 Å². The molecule has 0 aromatic carbocycles. The molecule has 12 rings (SSSR count). The topological polar surface area (TPSA) is 423 Å². The Labute approximate surface area is 626 Å². The molecule has 11 N–H and O–H groups in total. The fraction of sp³-hybridized carbons (Fsp3) is 0.657. The number of fused-ring (bicyclic) bond motifs is 4. The van der Waals surface area contributed by atoms with E-state index in [1.807, 2.05) is 165 Å². The molecule has 0 radical (unpaired) electrons. The summed E-state index contributed by atoms with van der Waals surface area (Å²) in [5, 5.41) is 32.4. The number of nitrogens with one attached hydrogen (secondary N) is 8. The molecule has 0 spiro atoms. The van der Waals surface area contributed by atoms with Crippen molar-refractivity contribution in [1.82, 2.24) is 59.9 Å². The molecular formula is C70H111ClN24O11. The summed E-state index contributed by atoms with van der Waals surface area (Å²) in [5.74, 6) is 4.46. The molecule has 584 valence electrons. The zero-order valence-corrected chi connectivity index (χ0v) is 66.5. The highest BCUT2D eigenvalue weighted by Crippen LogP contribution is 2.39. The van der Waals surface area contributed by atoms with Crippen molar-refractivity contribution in [2.45, 2.75) is 198 Å². The van der Waals surface area contributed by atoms with E-state index in [1.54, 1.807) is 28.5 Å². The molecule has 12 heterocycles. The third-order valence-electron chi connectivity index (χ3n) is 18.1. The van der Waals surface area contributed by atoms with Crippen molar-refractivity contribution in [3.8, 4) is 0 Å². The molecular weight excluding hydrogens is 1390 g/mol. The normalized spacial score (nSPS) is 19.7. The van der Waals surface area contributed by atoms with Crippen LogP contribution in [0.5, 0.6) is 0 Å². The first-order chi connectivity index (χ1) is 49.2. The number of nitrogens with two attached hydrogens (primary N) is 1. The maximum Gasteiger partial charge on any atom is 0.410 e. The summed E-state index contributed by atoms with van der Waals surface area (Å²) in [7, 11) is 7.54. The number of hydrogen-bond donors (Lipinski definition) is 10. The lowest BCUT2D eigenvalue weighted by molar-refractivity contribution is -0.134. The maximum atomic E-state index is 12.4. The molecule has 4 aromatic heterocycles. The molecule has 8 aliphatic rings. The first-order valence-electron chi connectivity index (χ1n) is 35.8. The molecule has 4 aromatic rings. The van der Waals surface area contributed by atoms with Gasteiger partial charge in [0.05, 0.1) is 40.9 Å². The molecule has 106 heavy (non-hydrogen) atoms. The summed E-state index contributed by atoms with van der Waals surface area (Å²) in [4.78, 5) is 141. The van der Waals surface area contributed by atoms with Gasteiger partial charge in [-0.3, -0.25) is 28.8 Å². The zero-order valence-electron chi connectivity index (χ0n) is 65.8. The molecule has 4 saturated heterocycles. The molecule has 4 fully saturated rings. The van der Waals surface area contributed by atoms with E-state index < -0.39 is 17.2 Å². The Balaban J connectivity index is 0.000000186. The predicted molar refractivity (Wildman–Crippen MR) is 409 cm³/mol. The number of nitrogens with zero attached hydrogens (tertiary/aromatic N) is 15. The number of amides is 7. The molecule has 7 amide bonds. The summed E-state index contributed by atoms with van der Waals surface area (Å²) >= 11 is 5.85. The van der Waals surface area contributed by atoms with E-state index in [1.165, 1.54) is 0 Å². The lowest BCUT2D eigenvalue weighted by Gasteiger charge is -2.40. The second-order valence-electron chi connectivity index (χ2n) is 31.1. The minimum absolute atomic E-state index is 0.00982. The lowest BCUT2D eigenvalue weighted by atomic mass is 9.99. The monoisotopic (exact) mass is 1500 g/mol. The van der Waals surface area contributed by atoms with Crippen LogP contribution in [0.4, 0.5) is 73.5 Å². The fourth-order valence-electron chi connectivity index (χ4n) is 12.8. The van der Waals surface area contributed by atoms with Gasteiger partial charge in [0.15, 0.2) is 23.3 Å². The number of carbonyl (C=O) groups excluding carboxylic acids is 7. The van der Waals surface area contributed by atoms with Crippen LogP contribution in [0.2, 0.25) is 5.28 Å². The van der Waals surface area contributed by atoms with Crippen molar-refractivity contribution in [1.29, 1.82) is 0 Å². The fourth-order valence-corrected chi connectivity index (χ4v) is 13.0. The number of carboxylic acid groups (broad SMARTS) is 1. The van der Waals surface area contributed by atoms with Gasteiger partial charge in [-0.15, -0.1) is 0 Å². The van der Waals surface area contributed by atoms with Gasteiger partial charge in [0.2, 0.25) is 52.7 Å². The number of hydrogen-bond acceptors (Lipinski definition) is 27. The van der Waals surface area contributed by atoms with Gasteiger partial charge in [0, 0.05) is 100 Å². The largest absolute Gasteiger partial charge is 0.481 e. The summed E-state index contributed by atoms with van der Waals surface area (Å²) in [5.41, 5.74) is 10.2. The van der Waals surface area contributed by atoms with Crippen molar-refractivity contribution in [3.05, 3.63) is 28.1 Å². The van der Waals surface area contributed by atoms with Crippen LogP contribution < -0.4 is 67.9 Å². The third kappa shape index (κ3) is 21.0. The minimum atomic E-state index is -0.833. The van der Waals surface area contributed by atoms with Crippen molar-refractivity contribution in [2.75, 3.05) is 137 Å².